The van der Waals surface area contributed by atoms with Gasteiger partial charge in [-0.3, -0.25) is 4.79 Å². The zero-order chi connectivity index (χ0) is 15.8. The van der Waals surface area contributed by atoms with Gasteiger partial charge in [0, 0.05) is 31.6 Å². The van der Waals surface area contributed by atoms with E-state index in [1.807, 2.05) is 23.1 Å². The third-order valence-corrected chi connectivity index (χ3v) is 5.07. The third-order valence-electron chi connectivity index (χ3n) is 5.07. The van der Waals surface area contributed by atoms with E-state index in [9.17, 15) is 4.79 Å². The number of benzene rings is 1. The standard InChI is InChI=1S/C19H22N2O2/c1-14-9-13-23-18(14)19(22)21-12-11-20-10-5-8-16(20)17(21)15-6-3-2-4-7-15/h2-8,10,14,17-18H,9,11-13H2,1H3. The van der Waals surface area contributed by atoms with Crippen LogP contribution in [-0.4, -0.2) is 34.6 Å². The van der Waals surface area contributed by atoms with Gasteiger partial charge < -0.3 is 14.2 Å². The fourth-order valence-electron chi connectivity index (χ4n) is 3.78. The second-order valence-corrected chi connectivity index (χ2v) is 6.53. The summed E-state index contributed by atoms with van der Waals surface area (Å²) in [5.41, 5.74) is 2.34. The number of nitrogens with zero attached hydrogens (tertiary/aromatic N) is 2. The molecule has 4 heteroatoms. The number of carbonyl (C=O) groups excluding carboxylic acids is 1. The van der Waals surface area contributed by atoms with Crippen LogP contribution < -0.4 is 0 Å². The van der Waals surface area contributed by atoms with Crippen LogP contribution in [-0.2, 0) is 16.1 Å². The second-order valence-electron chi connectivity index (χ2n) is 6.53. The fraction of sp³-hybridized carbons (Fsp3) is 0.421. The summed E-state index contributed by atoms with van der Waals surface area (Å²) >= 11 is 0. The van der Waals surface area contributed by atoms with Gasteiger partial charge in [0.05, 0.1) is 6.04 Å². The Morgan fingerprint density at radius 2 is 1.96 bits per heavy atom. The van der Waals surface area contributed by atoms with Crippen molar-refractivity contribution in [2.75, 3.05) is 13.2 Å². The minimum Gasteiger partial charge on any atom is -0.368 e. The lowest BCUT2D eigenvalue weighted by Crippen LogP contribution is -2.47. The smallest absolute Gasteiger partial charge is 0.252 e. The Morgan fingerprint density at radius 1 is 1.13 bits per heavy atom. The normalized spacial score (nSPS) is 27.0. The van der Waals surface area contributed by atoms with Crippen LogP contribution in [0.2, 0.25) is 0 Å². The minimum absolute atomic E-state index is 0.0242. The van der Waals surface area contributed by atoms with E-state index in [4.69, 9.17) is 4.74 Å². The molecule has 4 rings (SSSR count). The molecule has 2 aliphatic heterocycles. The zero-order valence-corrected chi connectivity index (χ0v) is 13.4. The largest absolute Gasteiger partial charge is 0.368 e. The molecule has 1 aromatic carbocycles. The lowest BCUT2D eigenvalue weighted by Gasteiger charge is -2.39. The van der Waals surface area contributed by atoms with Gasteiger partial charge in [-0.25, -0.2) is 0 Å². The van der Waals surface area contributed by atoms with E-state index in [-0.39, 0.29) is 18.1 Å². The van der Waals surface area contributed by atoms with E-state index in [1.165, 1.54) is 5.69 Å². The molecular formula is C19H22N2O2. The van der Waals surface area contributed by atoms with Gasteiger partial charge in [-0.2, -0.15) is 0 Å². The number of carbonyl (C=O) groups is 1. The van der Waals surface area contributed by atoms with Gasteiger partial charge in [-0.15, -0.1) is 0 Å². The second kappa shape index (κ2) is 5.85. The first-order valence-corrected chi connectivity index (χ1v) is 8.38. The SMILES string of the molecule is CC1CCOC1C(=O)N1CCn2cccc2C1c1ccccc1. The Hall–Kier alpha value is -2.07. The third kappa shape index (κ3) is 2.47. The van der Waals surface area contributed by atoms with Gasteiger partial charge in [-0.1, -0.05) is 37.3 Å². The van der Waals surface area contributed by atoms with Gasteiger partial charge in [0.25, 0.3) is 5.91 Å². The summed E-state index contributed by atoms with van der Waals surface area (Å²) in [6.07, 6.45) is 2.78. The minimum atomic E-state index is -0.289. The van der Waals surface area contributed by atoms with Crippen LogP contribution in [0.25, 0.3) is 0 Å². The molecule has 120 valence electrons. The van der Waals surface area contributed by atoms with Crippen LogP contribution in [0.15, 0.2) is 48.7 Å². The van der Waals surface area contributed by atoms with Crippen molar-refractivity contribution in [3.8, 4) is 0 Å². The molecule has 0 aliphatic carbocycles. The van der Waals surface area contributed by atoms with Gasteiger partial charge >= 0.3 is 0 Å². The Labute approximate surface area is 136 Å². The summed E-state index contributed by atoms with van der Waals surface area (Å²) in [6, 6.07) is 14.5. The van der Waals surface area contributed by atoms with Gasteiger partial charge in [0.15, 0.2) is 0 Å². The molecule has 0 radical (unpaired) electrons. The van der Waals surface area contributed by atoms with Gasteiger partial charge in [-0.05, 0) is 30.0 Å². The predicted molar refractivity (Wildman–Crippen MR) is 88.0 cm³/mol. The Balaban J connectivity index is 1.72. The molecule has 3 atom stereocenters. The predicted octanol–water partition coefficient (Wildman–Crippen LogP) is 2.84. The molecule has 0 N–H and O–H groups in total. The number of fused-ring (bicyclic) bond motifs is 1. The molecule has 1 fully saturated rings. The average molecular weight is 310 g/mol. The number of hydrogen-bond donors (Lipinski definition) is 0. The molecule has 3 unspecified atom stereocenters. The van der Waals surface area contributed by atoms with E-state index < -0.39 is 0 Å². The van der Waals surface area contributed by atoms with Crippen molar-refractivity contribution < 1.29 is 9.53 Å². The van der Waals surface area contributed by atoms with Crippen LogP contribution in [0.5, 0.6) is 0 Å². The van der Waals surface area contributed by atoms with Crippen molar-refractivity contribution in [3.63, 3.8) is 0 Å². The van der Waals surface area contributed by atoms with Crippen LogP contribution >= 0.6 is 0 Å². The molecule has 0 spiro atoms. The van der Waals surface area contributed by atoms with E-state index in [0.717, 1.165) is 25.1 Å². The Kier molecular flexibility index (Phi) is 3.69. The maximum Gasteiger partial charge on any atom is 0.252 e. The van der Waals surface area contributed by atoms with Crippen LogP contribution in [0, 0.1) is 5.92 Å². The Morgan fingerprint density at radius 3 is 2.70 bits per heavy atom. The molecule has 3 heterocycles. The molecule has 4 nitrogen and oxygen atoms in total. The van der Waals surface area contributed by atoms with E-state index in [1.54, 1.807) is 0 Å². The molecule has 0 bridgehead atoms. The first-order valence-electron chi connectivity index (χ1n) is 8.38. The van der Waals surface area contributed by atoms with Crippen LogP contribution in [0.1, 0.15) is 30.6 Å². The summed E-state index contributed by atoms with van der Waals surface area (Å²) in [7, 11) is 0. The summed E-state index contributed by atoms with van der Waals surface area (Å²) in [5.74, 6) is 0.434. The summed E-state index contributed by atoms with van der Waals surface area (Å²) < 4.78 is 7.99. The maximum absolute atomic E-state index is 13.1. The molecule has 2 aliphatic rings. The highest BCUT2D eigenvalue weighted by Crippen LogP contribution is 2.34. The average Bonchev–Trinajstić information content (AvgIpc) is 3.22. The van der Waals surface area contributed by atoms with Crippen molar-refractivity contribution in [2.45, 2.75) is 32.0 Å². The van der Waals surface area contributed by atoms with Gasteiger partial charge in [0.2, 0.25) is 0 Å². The van der Waals surface area contributed by atoms with Crippen molar-refractivity contribution >= 4 is 5.91 Å². The molecular weight excluding hydrogens is 288 g/mol. The van der Waals surface area contributed by atoms with Crippen molar-refractivity contribution in [2.24, 2.45) is 5.92 Å². The van der Waals surface area contributed by atoms with Gasteiger partial charge in [0.1, 0.15) is 6.10 Å². The lowest BCUT2D eigenvalue weighted by molar-refractivity contribution is -0.145. The van der Waals surface area contributed by atoms with Crippen molar-refractivity contribution in [1.29, 1.82) is 0 Å². The maximum atomic E-state index is 13.1. The number of aromatic nitrogens is 1. The zero-order valence-electron chi connectivity index (χ0n) is 13.4. The van der Waals surface area contributed by atoms with Crippen LogP contribution in [0.3, 0.4) is 0 Å². The highest BCUT2D eigenvalue weighted by Gasteiger charge is 2.39. The molecule has 1 amide bonds. The van der Waals surface area contributed by atoms with Crippen molar-refractivity contribution in [1.82, 2.24) is 9.47 Å². The number of ether oxygens (including phenoxy) is 1. The highest BCUT2D eigenvalue weighted by molar-refractivity contribution is 5.82. The molecule has 2 aromatic rings. The quantitative estimate of drug-likeness (QED) is 0.855. The topological polar surface area (TPSA) is 34.5 Å². The fourth-order valence-corrected chi connectivity index (χ4v) is 3.78. The number of rotatable bonds is 2. The summed E-state index contributed by atoms with van der Waals surface area (Å²) in [4.78, 5) is 15.1. The Bertz CT molecular complexity index is 694. The van der Waals surface area contributed by atoms with E-state index in [0.29, 0.717) is 12.5 Å². The van der Waals surface area contributed by atoms with Crippen molar-refractivity contribution in [3.05, 3.63) is 59.9 Å². The first kappa shape index (κ1) is 14.5. The molecule has 1 aromatic heterocycles. The van der Waals surface area contributed by atoms with Crippen LogP contribution in [0.4, 0.5) is 0 Å². The molecule has 23 heavy (non-hydrogen) atoms. The molecule has 0 saturated carbocycles. The molecule has 1 saturated heterocycles. The summed E-state index contributed by atoms with van der Waals surface area (Å²) in [5, 5.41) is 0. The first-order chi connectivity index (χ1) is 11.3. The highest BCUT2D eigenvalue weighted by atomic mass is 16.5. The van der Waals surface area contributed by atoms with E-state index >= 15 is 0 Å². The number of amides is 1. The number of hydrogen-bond acceptors (Lipinski definition) is 2. The lowest BCUT2D eigenvalue weighted by atomic mass is 9.97. The van der Waals surface area contributed by atoms with E-state index in [2.05, 4.69) is 42.0 Å². The summed E-state index contributed by atoms with van der Waals surface area (Å²) in [6.45, 7) is 4.38. The monoisotopic (exact) mass is 310 g/mol.